The van der Waals surface area contributed by atoms with Crippen LogP contribution in [0.3, 0.4) is 0 Å². The number of aliphatic hydroxyl groups excluding tert-OH is 1. The molecule has 4 aliphatic carbocycles. The Balaban J connectivity index is 1.88. The van der Waals surface area contributed by atoms with Gasteiger partial charge in [0.25, 0.3) is 0 Å². The van der Waals surface area contributed by atoms with Crippen molar-refractivity contribution in [3.8, 4) is 0 Å². The zero-order valence-electron chi connectivity index (χ0n) is 19.2. The molecule has 0 aromatic carbocycles. The number of allylic oxidation sites excluding steroid dienone is 4. The van der Waals surface area contributed by atoms with Crippen molar-refractivity contribution < 1.29 is 28.9 Å². The summed E-state index contributed by atoms with van der Waals surface area (Å²) in [4.78, 5) is 24.9. The van der Waals surface area contributed by atoms with Crippen LogP contribution in [0.25, 0.3) is 0 Å². The van der Waals surface area contributed by atoms with Gasteiger partial charge in [0.15, 0.2) is 17.2 Å². The van der Waals surface area contributed by atoms with Gasteiger partial charge in [-0.1, -0.05) is 25.5 Å². The first-order valence-corrected chi connectivity index (χ1v) is 11.5. The van der Waals surface area contributed by atoms with Crippen molar-refractivity contribution >= 4 is 11.6 Å². The zero-order chi connectivity index (χ0) is 23.0. The topological polar surface area (TPSA) is 83.8 Å². The Kier molecular flexibility index (Phi) is 5.20. The van der Waals surface area contributed by atoms with Crippen molar-refractivity contribution in [1.82, 2.24) is 0 Å². The van der Waals surface area contributed by atoms with E-state index >= 15 is 4.39 Å². The molecule has 5 nitrogen and oxygen atoms in total. The highest BCUT2D eigenvalue weighted by atomic mass is 19.1. The van der Waals surface area contributed by atoms with Gasteiger partial charge in [0, 0.05) is 16.7 Å². The van der Waals surface area contributed by atoms with Crippen LogP contribution in [0, 0.1) is 28.6 Å². The van der Waals surface area contributed by atoms with Crippen LogP contribution in [0.1, 0.15) is 60.3 Å². The molecule has 3 saturated carbocycles. The van der Waals surface area contributed by atoms with Crippen LogP contribution in [-0.2, 0) is 14.3 Å². The lowest BCUT2D eigenvalue weighted by Crippen LogP contribution is -2.70. The molecule has 4 aliphatic rings. The fourth-order valence-electron chi connectivity index (χ4n) is 7.70. The number of ketones is 2. The Morgan fingerprint density at radius 2 is 2.00 bits per heavy atom. The van der Waals surface area contributed by atoms with E-state index in [2.05, 4.69) is 0 Å². The molecule has 3 fully saturated rings. The molecule has 0 heterocycles. The molecule has 0 bridgehead atoms. The molecule has 0 radical (unpaired) electrons. The zero-order valence-corrected chi connectivity index (χ0v) is 19.2. The highest BCUT2D eigenvalue weighted by Gasteiger charge is 2.76. The van der Waals surface area contributed by atoms with E-state index in [1.807, 2.05) is 34.6 Å². The second kappa shape index (κ2) is 7.06. The highest BCUT2D eigenvalue weighted by Crippen LogP contribution is 2.71. The number of ether oxygens (including phenoxy) is 1. The molecule has 0 unspecified atom stereocenters. The number of hydrogen-bond donors (Lipinski definition) is 2. The average molecular weight is 435 g/mol. The number of Topliss-reactive ketones (excluding diaryl/α,β-unsaturated/α-hetero) is 1. The monoisotopic (exact) mass is 434 g/mol. The molecule has 0 aromatic heterocycles. The molecule has 172 valence electrons. The Hall–Kier alpha value is -1.37. The number of rotatable bonds is 4. The molecule has 0 saturated heterocycles. The Morgan fingerprint density at radius 1 is 1.32 bits per heavy atom. The van der Waals surface area contributed by atoms with Gasteiger partial charge in [0.2, 0.25) is 0 Å². The van der Waals surface area contributed by atoms with Crippen LogP contribution in [-0.4, -0.2) is 51.9 Å². The smallest absolute Gasteiger partial charge is 0.190 e. The summed E-state index contributed by atoms with van der Waals surface area (Å²) in [5, 5.41) is 21.3. The quantitative estimate of drug-likeness (QED) is 0.709. The maximum atomic E-state index is 17.6. The molecule has 2 N–H and O–H groups in total. The van der Waals surface area contributed by atoms with Crippen molar-refractivity contribution in [3.05, 3.63) is 23.8 Å². The molecular weight excluding hydrogens is 399 g/mol. The van der Waals surface area contributed by atoms with Gasteiger partial charge in [-0.05, 0) is 70.4 Å². The molecule has 0 aromatic rings. The third-order valence-electron chi connectivity index (χ3n) is 9.20. The number of aliphatic hydroxyl groups is 2. The Labute approximate surface area is 183 Å². The van der Waals surface area contributed by atoms with Crippen molar-refractivity contribution in [2.24, 2.45) is 28.6 Å². The van der Waals surface area contributed by atoms with Gasteiger partial charge in [0.05, 0.1) is 12.2 Å². The summed E-state index contributed by atoms with van der Waals surface area (Å²) in [5.41, 5.74) is -4.57. The summed E-state index contributed by atoms with van der Waals surface area (Å²) in [6.07, 6.45) is 5.47. The number of carbonyl (C=O) groups is 2. The summed E-state index contributed by atoms with van der Waals surface area (Å²) in [5.74, 6) is -1.76. The largest absolute Gasteiger partial charge is 0.388 e. The van der Waals surface area contributed by atoms with Gasteiger partial charge in [-0.15, -0.1) is 0 Å². The van der Waals surface area contributed by atoms with Crippen molar-refractivity contribution in [2.75, 3.05) is 6.61 Å². The van der Waals surface area contributed by atoms with Crippen molar-refractivity contribution in [2.45, 2.75) is 83.8 Å². The number of alkyl halides is 1. The lowest BCUT2D eigenvalue weighted by molar-refractivity contribution is -0.238. The predicted octanol–water partition coefficient (Wildman–Crippen LogP) is 3.33. The van der Waals surface area contributed by atoms with Gasteiger partial charge in [-0.3, -0.25) is 9.59 Å². The molecule has 0 amide bonds. The van der Waals surface area contributed by atoms with Crippen LogP contribution in [0.5, 0.6) is 0 Å². The first-order valence-electron chi connectivity index (χ1n) is 11.5. The van der Waals surface area contributed by atoms with Gasteiger partial charge < -0.3 is 14.9 Å². The average Bonchev–Trinajstić information content (AvgIpc) is 2.90. The van der Waals surface area contributed by atoms with E-state index in [0.717, 1.165) is 5.57 Å². The SMILES string of the molecule is CC(C)O[C@H]1C[C@@]2(C)[C@@H](C[C@@H](C)[C@]2(O)C(=O)CO)[C@@H]2CCC3=CC(=O)C=C[C@]3(C)[C@@]12F. The van der Waals surface area contributed by atoms with Crippen molar-refractivity contribution in [3.63, 3.8) is 0 Å². The molecule has 0 aliphatic heterocycles. The van der Waals surface area contributed by atoms with Crippen LogP contribution < -0.4 is 0 Å². The van der Waals surface area contributed by atoms with Gasteiger partial charge in [-0.25, -0.2) is 4.39 Å². The van der Waals surface area contributed by atoms with E-state index in [-0.39, 0.29) is 24.2 Å². The third-order valence-corrected chi connectivity index (χ3v) is 9.20. The first-order chi connectivity index (χ1) is 14.4. The van der Waals surface area contributed by atoms with Crippen molar-refractivity contribution in [1.29, 1.82) is 0 Å². The minimum absolute atomic E-state index is 0.117. The predicted molar refractivity (Wildman–Crippen MR) is 114 cm³/mol. The van der Waals surface area contributed by atoms with Gasteiger partial charge in [0.1, 0.15) is 12.2 Å². The summed E-state index contributed by atoms with van der Waals surface area (Å²) in [6.45, 7) is 8.54. The fourth-order valence-corrected chi connectivity index (χ4v) is 7.70. The summed E-state index contributed by atoms with van der Waals surface area (Å²) in [6, 6.07) is 0. The summed E-state index contributed by atoms with van der Waals surface area (Å²) in [7, 11) is 0. The highest BCUT2D eigenvalue weighted by molar-refractivity contribution is 6.01. The number of hydrogen-bond acceptors (Lipinski definition) is 5. The lowest BCUT2D eigenvalue weighted by Gasteiger charge is -2.63. The minimum Gasteiger partial charge on any atom is -0.388 e. The van der Waals surface area contributed by atoms with E-state index in [1.54, 1.807) is 12.2 Å². The fraction of sp³-hybridized carbons (Fsp3) is 0.760. The van der Waals surface area contributed by atoms with Crippen LogP contribution in [0.4, 0.5) is 4.39 Å². The number of carbonyl (C=O) groups excluding carboxylic acids is 2. The Morgan fingerprint density at radius 3 is 2.61 bits per heavy atom. The molecule has 0 spiro atoms. The maximum absolute atomic E-state index is 17.6. The molecule has 4 rings (SSSR count). The minimum atomic E-state index is -1.77. The van der Waals surface area contributed by atoms with Crippen LogP contribution in [0.15, 0.2) is 23.8 Å². The summed E-state index contributed by atoms with van der Waals surface area (Å²) < 4.78 is 23.8. The van der Waals surface area contributed by atoms with Gasteiger partial charge in [-0.2, -0.15) is 0 Å². The number of halogens is 1. The van der Waals surface area contributed by atoms with E-state index in [9.17, 15) is 19.8 Å². The lowest BCUT2D eigenvalue weighted by atomic mass is 9.44. The second-order valence-electron chi connectivity index (χ2n) is 10.9. The van der Waals surface area contributed by atoms with E-state index in [0.29, 0.717) is 19.3 Å². The summed E-state index contributed by atoms with van der Waals surface area (Å²) >= 11 is 0. The van der Waals surface area contributed by atoms with Crippen LogP contribution >= 0.6 is 0 Å². The van der Waals surface area contributed by atoms with E-state index < -0.39 is 52.4 Å². The first kappa shape index (κ1) is 22.8. The maximum Gasteiger partial charge on any atom is 0.190 e. The third kappa shape index (κ3) is 2.71. The van der Waals surface area contributed by atoms with Crippen LogP contribution in [0.2, 0.25) is 0 Å². The molecule has 8 atom stereocenters. The van der Waals surface area contributed by atoms with Gasteiger partial charge >= 0.3 is 0 Å². The molecule has 6 heteroatoms. The van der Waals surface area contributed by atoms with E-state index in [1.165, 1.54) is 6.08 Å². The molecule has 31 heavy (non-hydrogen) atoms. The number of fused-ring (bicyclic) bond motifs is 5. The Bertz CT molecular complexity index is 864. The van der Waals surface area contributed by atoms with E-state index in [4.69, 9.17) is 4.74 Å². The molecular formula is C25H35FO5. The normalized spacial score (nSPS) is 48.8. The second-order valence-corrected chi connectivity index (χ2v) is 10.9. The standard InChI is InChI=1S/C25H35FO5/c1-14(2)31-21-12-23(5)19(10-15(3)25(23,30)20(29)13-27)18-7-6-16-11-17(28)8-9-22(16,4)24(18,21)26/h8-9,11,14-15,18-19,21,27,30H,6-7,10,12-13H2,1-5H3/t15-,18+,19+,21+,22+,23+,24+,25+/m1/s1.